The van der Waals surface area contributed by atoms with E-state index in [0.717, 1.165) is 17.0 Å². The number of alkyl halides is 3. The summed E-state index contributed by atoms with van der Waals surface area (Å²) in [6.07, 6.45) is -5.85. The van der Waals surface area contributed by atoms with Gasteiger partial charge in [-0.2, -0.15) is 13.2 Å². The number of rotatable bonds is 3. The first kappa shape index (κ1) is 16.9. The van der Waals surface area contributed by atoms with Crippen LogP contribution in [0.2, 0.25) is 0 Å². The molecule has 0 bridgehead atoms. The highest BCUT2D eigenvalue weighted by Crippen LogP contribution is 2.32. The lowest BCUT2D eigenvalue weighted by Crippen LogP contribution is -2.40. The molecule has 0 aliphatic carbocycles. The zero-order valence-electron chi connectivity index (χ0n) is 12.6. The second-order valence-electron chi connectivity index (χ2n) is 5.24. The standard InChI is InChI=1S/C14H16F3N3O3/c1-19(2)12(21)18-7-11-8-20(13(22)23-11)10-5-3-4-9(6-10)14(15,16)17/h3-6,11H,7-8H2,1-2H3,(H,18,21). The molecular weight excluding hydrogens is 315 g/mol. The molecule has 1 aliphatic rings. The number of cyclic esters (lactones) is 1. The van der Waals surface area contributed by atoms with E-state index in [1.807, 2.05) is 0 Å². The Hall–Kier alpha value is -2.45. The molecule has 1 aromatic carbocycles. The first-order valence-corrected chi connectivity index (χ1v) is 6.79. The third kappa shape index (κ3) is 4.05. The zero-order valence-corrected chi connectivity index (χ0v) is 12.6. The molecule has 1 saturated heterocycles. The summed E-state index contributed by atoms with van der Waals surface area (Å²) in [6, 6.07) is 4.10. The van der Waals surface area contributed by atoms with E-state index in [9.17, 15) is 22.8 Å². The molecule has 0 spiro atoms. The van der Waals surface area contributed by atoms with Crippen molar-refractivity contribution in [3.63, 3.8) is 0 Å². The van der Waals surface area contributed by atoms with Crippen LogP contribution in [0.15, 0.2) is 24.3 Å². The van der Waals surface area contributed by atoms with Gasteiger partial charge in [-0.25, -0.2) is 9.59 Å². The Balaban J connectivity index is 2.05. The molecule has 0 aromatic heterocycles. The van der Waals surface area contributed by atoms with Crippen molar-refractivity contribution in [1.29, 1.82) is 0 Å². The first-order valence-electron chi connectivity index (χ1n) is 6.79. The molecular formula is C14H16F3N3O3. The van der Waals surface area contributed by atoms with Crippen molar-refractivity contribution in [2.75, 3.05) is 32.1 Å². The van der Waals surface area contributed by atoms with Crippen LogP contribution >= 0.6 is 0 Å². The highest BCUT2D eigenvalue weighted by molar-refractivity contribution is 5.90. The second-order valence-corrected chi connectivity index (χ2v) is 5.24. The van der Waals surface area contributed by atoms with Gasteiger partial charge in [-0.05, 0) is 18.2 Å². The van der Waals surface area contributed by atoms with Crippen LogP contribution in [0.4, 0.5) is 28.4 Å². The number of urea groups is 1. The Kier molecular flexibility index (Phi) is 4.67. The van der Waals surface area contributed by atoms with Crippen LogP contribution in [-0.4, -0.2) is 50.3 Å². The van der Waals surface area contributed by atoms with Crippen LogP contribution in [0.3, 0.4) is 0 Å². The van der Waals surface area contributed by atoms with Gasteiger partial charge in [0.05, 0.1) is 18.7 Å². The molecule has 0 radical (unpaired) electrons. The Morgan fingerprint density at radius 2 is 2.13 bits per heavy atom. The van der Waals surface area contributed by atoms with Crippen molar-refractivity contribution >= 4 is 17.8 Å². The van der Waals surface area contributed by atoms with Crippen molar-refractivity contribution < 1.29 is 27.5 Å². The molecule has 1 atom stereocenters. The van der Waals surface area contributed by atoms with Crippen molar-refractivity contribution in [1.82, 2.24) is 10.2 Å². The van der Waals surface area contributed by atoms with Crippen molar-refractivity contribution in [2.45, 2.75) is 12.3 Å². The monoisotopic (exact) mass is 331 g/mol. The number of hydrogen-bond acceptors (Lipinski definition) is 3. The summed E-state index contributed by atoms with van der Waals surface area (Å²) in [5, 5.41) is 2.56. The van der Waals surface area contributed by atoms with E-state index in [1.54, 1.807) is 14.1 Å². The summed E-state index contributed by atoms with van der Waals surface area (Å²) in [5.74, 6) is 0. The fraction of sp³-hybridized carbons (Fsp3) is 0.429. The summed E-state index contributed by atoms with van der Waals surface area (Å²) < 4.78 is 43.2. The van der Waals surface area contributed by atoms with Crippen molar-refractivity contribution in [2.24, 2.45) is 0 Å². The Morgan fingerprint density at radius 1 is 1.43 bits per heavy atom. The minimum absolute atomic E-state index is 0.0633. The summed E-state index contributed by atoms with van der Waals surface area (Å²) >= 11 is 0. The van der Waals surface area contributed by atoms with Gasteiger partial charge in [-0.3, -0.25) is 4.90 Å². The van der Waals surface area contributed by atoms with Gasteiger partial charge in [-0.1, -0.05) is 6.07 Å². The molecule has 1 aromatic rings. The number of benzene rings is 1. The van der Waals surface area contributed by atoms with Gasteiger partial charge < -0.3 is 15.0 Å². The number of ether oxygens (including phenoxy) is 1. The predicted molar refractivity (Wildman–Crippen MR) is 76.1 cm³/mol. The van der Waals surface area contributed by atoms with Gasteiger partial charge in [0.25, 0.3) is 0 Å². The zero-order chi connectivity index (χ0) is 17.2. The Bertz CT molecular complexity index is 604. The lowest BCUT2D eigenvalue weighted by molar-refractivity contribution is -0.137. The molecule has 126 valence electrons. The minimum atomic E-state index is -4.49. The molecule has 1 unspecified atom stereocenters. The van der Waals surface area contributed by atoms with Crippen LogP contribution in [0.1, 0.15) is 5.56 Å². The number of halogens is 3. The Morgan fingerprint density at radius 3 is 2.74 bits per heavy atom. The number of nitrogens with one attached hydrogen (secondary N) is 1. The van der Waals surface area contributed by atoms with Crippen LogP contribution in [0, 0.1) is 0 Å². The summed E-state index contributed by atoms with van der Waals surface area (Å²) in [5.41, 5.74) is -0.738. The minimum Gasteiger partial charge on any atom is -0.442 e. The molecule has 6 nitrogen and oxygen atoms in total. The van der Waals surface area contributed by atoms with Gasteiger partial charge >= 0.3 is 18.3 Å². The number of nitrogens with zero attached hydrogens (tertiary/aromatic N) is 2. The third-order valence-electron chi connectivity index (χ3n) is 3.25. The SMILES string of the molecule is CN(C)C(=O)NCC1CN(c2cccc(C(F)(F)F)c2)C(=O)O1. The second kappa shape index (κ2) is 6.35. The fourth-order valence-corrected chi connectivity index (χ4v) is 2.05. The van der Waals surface area contributed by atoms with Crippen molar-refractivity contribution in [3.05, 3.63) is 29.8 Å². The average Bonchev–Trinajstić information content (AvgIpc) is 2.85. The molecule has 2 rings (SSSR count). The number of carbonyl (C=O) groups is 2. The van der Waals surface area contributed by atoms with Gasteiger partial charge in [-0.15, -0.1) is 0 Å². The maximum atomic E-state index is 12.7. The number of hydrogen-bond donors (Lipinski definition) is 1. The normalized spacial score (nSPS) is 17.9. The van der Waals surface area contributed by atoms with Crippen LogP contribution in [-0.2, 0) is 10.9 Å². The van der Waals surface area contributed by atoms with Crippen LogP contribution < -0.4 is 10.2 Å². The van der Waals surface area contributed by atoms with E-state index >= 15 is 0 Å². The highest BCUT2D eigenvalue weighted by atomic mass is 19.4. The number of amides is 3. The molecule has 3 amide bonds. The molecule has 23 heavy (non-hydrogen) atoms. The Labute approximate surface area is 130 Å². The van der Waals surface area contributed by atoms with E-state index in [2.05, 4.69) is 5.32 Å². The van der Waals surface area contributed by atoms with Gasteiger partial charge in [0.1, 0.15) is 6.10 Å². The summed E-state index contributed by atoms with van der Waals surface area (Å²) in [7, 11) is 3.12. The smallest absolute Gasteiger partial charge is 0.416 e. The summed E-state index contributed by atoms with van der Waals surface area (Å²) in [4.78, 5) is 25.7. The highest BCUT2D eigenvalue weighted by Gasteiger charge is 2.35. The maximum Gasteiger partial charge on any atom is 0.416 e. The van der Waals surface area contributed by atoms with Crippen LogP contribution in [0.25, 0.3) is 0 Å². The van der Waals surface area contributed by atoms with E-state index in [4.69, 9.17) is 4.74 Å². The molecule has 1 fully saturated rings. The van der Waals surface area contributed by atoms with Gasteiger partial charge in [0.2, 0.25) is 0 Å². The summed E-state index contributed by atoms with van der Waals surface area (Å²) in [6.45, 7) is 0.145. The number of anilines is 1. The van der Waals surface area contributed by atoms with E-state index in [1.165, 1.54) is 17.0 Å². The first-order chi connectivity index (χ1) is 10.7. The fourth-order valence-electron chi connectivity index (χ4n) is 2.05. The predicted octanol–water partition coefficient (Wildman–Crippen LogP) is 2.30. The molecule has 1 aliphatic heterocycles. The quantitative estimate of drug-likeness (QED) is 0.924. The van der Waals surface area contributed by atoms with E-state index < -0.39 is 23.9 Å². The lowest BCUT2D eigenvalue weighted by Gasteiger charge is -2.16. The number of carbonyl (C=O) groups excluding carboxylic acids is 2. The van der Waals surface area contributed by atoms with Crippen molar-refractivity contribution in [3.8, 4) is 0 Å². The average molecular weight is 331 g/mol. The third-order valence-corrected chi connectivity index (χ3v) is 3.25. The van der Waals surface area contributed by atoms with Crippen LogP contribution in [0.5, 0.6) is 0 Å². The largest absolute Gasteiger partial charge is 0.442 e. The molecule has 9 heteroatoms. The lowest BCUT2D eigenvalue weighted by atomic mass is 10.2. The van der Waals surface area contributed by atoms with Gasteiger partial charge in [0.15, 0.2) is 0 Å². The topological polar surface area (TPSA) is 61.9 Å². The molecule has 1 N–H and O–H groups in total. The molecule has 0 saturated carbocycles. The van der Waals surface area contributed by atoms with E-state index in [0.29, 0.717) is 0 Å². The maximum absolute atomic E-state index is 12.7. The van der Waals surface area contributed by atoms with Gasteiger partial charge in [0, 0.05) is 19.8 Å². The van der Waals surface area contributed by atoms with E-state index in [-0.39, 0.29) is 24.8 Å². The molecule has 1 heterocycles.